The van der Waals surface area contributed by atoms with Gasteiger partial charge in [0, 0.05) is 29.9 Å². The maximum atomic E-state index is 12.9. The minimum absolute atomic E-state index is 0.0440. The van der Waals surface area contributed by atoms with Gasteiger partial charge in [0.15, 0.2) is 0 Å². The Morgan fingerprint density at radius 1 is 1.27 bits per heavy atom. The zero-order valence-corrected chi connectivity index (χ0v) is 15.5. The van der Waals surface area contributed by atoms with Crippen molar-refractivity contribution in [3.8, 4) is 0 Å². The number of hydrogen-bond acceptors (Lipinski definition) is 3. The van der Waals surface area contributed by atoms with Crippen LogP contribution in [-0.2, 0) is 4.79 Å². The summed E-state index contributed by atoms with van der Waals surface area (Å²) in [6.07, 6.45) is 7.20. The van der Waals surface area contributed by atoms with Crippen LogP contribution >= 0.6 is 11.6 Å². The number of carbonyl (C=O) groups is 1. The van der Waals surface area contributed by atoms with E-state index in [0.29, 0.717) is 5.02 Å². The summed E-state index contributed by atoms with van der Waals surface area (Å²) in [7, 11) is 0. The Balaban J connectivity index is 1.73. The van der Waals surface area contributed by atoms with Crippen molar-refractivity contribution in [1.82, 2.24) is 15.2 Å². The lowest BCUT2D eigenvalue weighted by atomic mass is 9.94. The molecule has 4 nitrogen and oxygen atoms in total. The highest BCUT2D eigenvalue weighted by molar-refractivity contribution is 6.30. The Bertz CT molecular complexity index is 725. The molecule has 1 N–H and O–H groups in total. The standard InChI is InChI=1S/C21H24ClN3O/c1-2-12-25-13-9-17(10-14-25)21(26)24-20(18-4-3-11-23-15-18)16-5-7-19(22)8-6-16/h2-8,11,15,17,20H,1,9-10,12-14H2,(H,24,26). The fourth-order valence-corrected chi connectivity index (χ4v) is 3.51. The van der Waals surface area contributed by atoms with Crippen LogP contribution in [0.2, 0.25) is 5.02 Å². The third-order valence-electron chi connectivity index (χ3n) is 4.85. The summed E-state index contributed by atoms with van der Waals surface area (Å²) in [6, 6.07) is 11.2. The smallest absolute Gasteiger partial charge is 0.223 e. The van der Waals surface area contributed by atoms with Gasteiger partial charge >= 0.3 is 0 Å². The van der Waals surface area contributed by atoms with Crippen molar-refractivity contribution in [2.45, 2.75) is 18.9 Å². The average Bonchev–Trinajstić information content (AvgIpc) is 2.68. The molecule has 0 spiro atoms. The van der Waals surface area contributed by atoms with Crippen molar-refractivity contribution in [2.75, 3.05) is 19.6 Å². The first-order chi connectivity index (χ1) is 12.7. The van der Waals surface area contributed by atoms with Gasteiger partial charge in [0.2, 0.25) is 5.91 Å². The molecule has 2 aromatic rings. The Labute approximate surface area is 159 Å². The van der Waals surface area contributed by atoms with Crippen LogP contribution < -0.4 is 5.32 Å². The molecule has 1 aromatic heterocycles. The number of hydrogen-bond donors (Lipinski definition) is 1. The van der Waals surface area contributed by atoms with Crippen molar-refractivity contribution in [2.24, 2.45) is 5.92 Å². The van der Waals surface area contributed by atoms with Crippen LogP contribution in [0.4, 0.5) is 0 Å². The first-order valence-electron chi connectivity index (χ1n) is 8.96. The molecule has 2 heterocycles. The molecule has 0 saturated carbocycles. The number of rotatable bonds is 6. The molecule has 1 atom stereocenters. The third kappa shape index (κ3) is 4.71. The van der Waals surface area contributed by atoms with Crippen molar-refractivity contribution < 1.29 is 4.79 Å². The third-order valence-corrected chi connectivity index (χ3v) is 5.11. The van der Waals surface area contributed by atoms with Crippen LogP contribution in [0, 0.1) is 5.92 Å². The van der Waals surface area contributed by atoms with Gasteiger partial charge < -0.3 is 5.32 Å². The van der Waals surface area contributed by atoms with Gasteiger partial charge in [-0.05, 0) is 55.3 Å². The molecule has 0 aliphatic carbocycles. The number of pyridine rings is 1. The summed E-state index contributed by atoms with van der Waals surface area (Å²) in [5, 5.41) is 3.91. The molecule has 0 bridgehead atoms. The highest BCUT2D eigenvalue weighted by atomic mass is 35.5. The molecule has 1 saturated heterocycles. The quantitative estimate of drug-likeness (QED) is 0.787. The summed E-state index contributed by atoms with van der Waals surface area (Å²) in [4.78, 5) is 19.4. The predicted octanol–water partition coefficient (Wildman–Crippen LogP) is 3.84. The van der Waals surface area contributed by atoms with E-state index in [4.69, 9.17) is 11.6 Å². The lowest BCUT2D eigenvalue weighted by Gasteiger charge is -2.31. The molecular formula is C21H24ClN3O. The van der Waals surface area contributed by atoms with Gasteiger partial charge in [-0.3, -0.25) is 14.7 Å². The number of benzene rings is 1. The minimum Gasteiger partial charge on any atom is -0.345 e. The van der Waals surface area contributed by atoms with Crippen molar-refractivity contribution in [3.63, 3.8) is 0 Å². The first kappa shape index (κ1) is 18.6. The normalized spacial score (nSPS) is 16.8. The van der Waals surface area contributed by atoms with Crippen LogP contribution in [0.3, 0.4) is 0 Å². The maximum absolute atomic E-state index is 12.9. The predicted molar refractivity (Wildman–Crippen MR) is 105 cm³/mol. The van der Waals surface area contributed by atoms with E-state index in [1.54, 1.807) is 12.4 Å². The summed E-state index contributed by atoms with van der Waals surface area (Å²) < 4.78 is 0. The number of amides is 1. The highest BCUT2D eigenvalue weighted by Gasteiger charge is 2.27. The highest BCUT2D eigenvalue weighted by Crippen LogP contribution is 2.25. The number of halogens is 1. The molecule has 136 valence electrons. The fraction of sp³-hybridized carbons (Fsp3) is 0.333. The summed E-state index contributed by atoms with van der Waals surface area (Å²) in [5.41, 5.74) is 1.96. The Hall–Kier alpha value is -2.17. The Morgan fingerprint density at radius 3 is 2.62 bits per heavy atom. The molecule has 1 aliphatic heterocycles. The molecule has 26 heavy (non-hydrogen) atoms. The fourth-order valence-electron chi connectivity index (χ4n) is 3.38. The monoisotopic (exact) mass is 369 g/mol. The Morgan fingerprint density at radius 2 is 2.00 bits per heavy atom. The van der Waals surface area contributed by atoms with E-state index in [2.05, 4.69) is 21.8 Å². The topological polar surface area (TPSA) is 45.2 Å². The zero-order valence-electron chi connectivity index (χ0n) is 14.8. The first-order valence-corrected chi connectivity index (χ1v) is 9.34. The number of nitrogens with one attached hydrogen (secondary N) is 1. The molecular weight excluding hydrogens is 346 g/mol. The van der Waals surface area contributed by atoms with E-state index in [-0.39, 0.29) is 17.9 Å². The van der Waals surface area contributed by atoms with Crippen LogP contribution in [-0.4, -0.2) is 35.4 Å². The number of nitrogens with zero attached hydrogens (tertiary/aromatic N) is 2. The number of aromatic nitrogens is 1. The molecule has 3 rings (SSSR count). The van der Waals surface area contributed by atoms with Crippen molar-refractivity contribution in [1.29, 1.82) is 0 Å². The van der Waals surface area contributed by atoms with E-state index >= 15 is 0 Å². The molecule has 1 aromatic carbocycles. The average molecular weight is 370 g/mol. The maximum Gasteiger partial charge on any atom is 0.223 e. The van der Waals surface area contributed by atoms with E-state index in [9.17, 15) is 4.79 Å². The molecule has 1 amide bonds. The van der Waals surface area contributed by atoms with Gasteiger partial charge in [-0.2, -0.15) is 0 Å². The molecule has 0 radical (unpaired) electrons. The number of likely N-dealkylation sites (tertiary alicyclic amines) is 1. The summed E-state index contributed by atoms with van der Waals surface area (Å²) in [6.45, 7) is 6.54. The number of piperidine rings is 1. The largest absolute Gasteiger partial charge is 0.345 e. The van der Waals surface area contributed by atoms with Crippen molar-refractivity contribution in [3.05, 3.63) is 77.6 Å². The second-order valence-electron chi connectivity index (χ2n) is 6.64. The second kappa shape index (κ2) is 8.97. The van der Waals surface area contributed by atoms with Crippen LogP contribution in [0.1, 0.15) is 30.0 Å². The van der Waals surface area contributed by atoms with Gasteiger partial charge in [0.1, 0.15) is 0 Å². The van der Waals surface area contributed by atoms with Crippen LogP contribution in [0.5, 0.6) is 0 Å². The Kier molecular flexibility index (Phi) is 6.42. The summed E-state index contributed by atoms with van der Waals surface area (Å²) in [5.74, 6) is 0.148. The van der Waals surface area contributed by atoms with E-state index in [0.717, 1.165) is 43.6 Å². The van der Waals surface area contributed by atoms with Gasteiger partial charge in [-0.15, -0.1) is 6.58 Å². The number of carbonyl (C=O) groups excluding carboxylic acids is 1. The molecule has 1 fully saturated rings. The molecule has 5 heteroatoms. The van der Waals surface area contributed by atoms with E-state index in [1.807, 2.05) is 42.5 Å². The summed E-state index contributed by atoms with van der Waals surface area (Å²) >= 11 is 6.02. The van der Waals surface area contributed by atoms with Crippen LogP contribution in [0.15, 0.2) is 61.4 Å². The molecule has 1 unspecified atom stereocenters. The SMILES string of the molecule is C=CCN1CCC(C(=O)NC(c2ccc(Cl)cc2)c2cccnc2)CC1. The minimum atomic E-state index is -0.223. The second-order valence-corrected chi connectivity index (χ2v) is 7.08. The molecule has 1 aliphatic rings. The van der Waals surface area contributed by atoms with Gasteiger partial charge in [0.05, 0.1) is 6.04 Å². The van der Waals surface area contributed by atoms with Gasteiger partial charge in [-0.1, -0.05) is 35.9 Å². The lowest BCUT2D eigenvalue weighted by Crippen LogP contribution is -2.41. The van der Waals surface area contributed by atoms with Gasteiger partial charge in [0.25, 0.3) is 0 Å². The van der Waals surface area contributed by atoms with E-state index in [1.165, 1.54) is 0 Å². The lowest BCUT2D eigenvalue weighted by molar-refractivity contribution is -0.126. The van der Waals surface area contributed by atoms with Crippen LogP contribution in [0.25, 0.3) is 0 Å². The van der Waals surface area contributed by atoms with Gasteiger partial charge in [-0.25, -0.2) is 0 Å². The van der Waals surface area contributed by atoms with E-state index < -0.39 is 0 Å². The zero-order chi connectivity index (χ0) is 18.4. The van der Waals surface area contributed by atoms with Crippen molar-refractivity contribution >= 4 is 17.5 Å².